The Hall–Kier alpha value is -3.41. The van der Waals surface area contributed by atoms with E-state index in [1.807, 2.05) is 6.92 Å². The fourth-order valence-electron chi connectivity index (χ4n) is 2.76. The number of carbonyl (C=O) groups is 2. The molecule has 0 aliphatic rings. The van der Waals surface area contributed by atoms with Crippen LogP contribution in [0.2, 0.25) is 0 Å². The van der Waals surface area contributed by atoms with Crippen molar-refractivity contribution in [3.05, 3.63) is 64.2 Å². The molecule has 0 aliphatic heterocycles. The van der Waals surface area contributed by atoms with Crippen LogP contribution in [0, 0.1) is 0 Å². The topological polar surface area (TPSA) is 106 Å². The molecule has 0 radical (unpaired) electrons. The fraction of sp³-hybridized carbons (Fsp3) is 0.211. The summed E-state index contributed by atoms with van der Waals surface area (Å²) in [6.07, 6.45) is 1.72. The smallest absolute Gasteiger partial charge is 0.267 e. The third-order valence-electron chi connectivity index (χ3n) is 4.04. The van der Waals surface area contributed by atoms with E-state index >= 15 is 0 Å². The lowest BCUT2D eigenvalue weighted by molar-refractivity contribution is -0.0329. The summed E-state index contributed by atoms with van der Waals surface area (Å²) in [4.78, 5) is 41.1. The second-order valence-corrected chi connectivity index (χ2v) is 7.29. The Bertz CT molecular complexity index is 1200. The Morgan fingerprint density at radius 2 is 1.74 bits per heavy atom. The maximum absolute atomic E-state index is 12.7. The van der Waals surface area contributed by atoms with Gasteiger partial charge in [0.1, 0.15) is 5.03 Å². The van der Waals surface area contributed by atoms with Crippen LogP contribution in [0.4, 0.5) is 13.2 Å². The van der Waals surface area contributed by atoms with Gasteiger partial charge in [0.05, 0.1) is 10.9 Å². The molecule has 2 amide bonds. The van der Waals surface area contributed by atoms with Crippen molar-refractivity contribution in [3.8, 4) is 0 Å². The Morgan fingerprint density at radius 3 is 2.42 bits per heavy atom. The van der Waals surface area contributed by atoms with E-state index in [9.17, 15) is 27.6 Å². The Morgan fingerprint density at radius 1 is 1.06 bits per heavy atom. The zero-order valence-electron chi connectivity index (χ0n) is 16.1. The van der Waals surface area contributed by atoms with E-state index in [4.69, 9.17) is 0 Å². The summed E-state index contributed by atoms with van der Waals surface area (Å²) in [7, 11) is 0. The Kier molecular flexibility index (Phi) is 6.59. The molecule has 2 aromatic heterocycles. The second-order valence-electron chi connectivity index (χ2n) is 6.23. The van der Waals surface area contributed by atoms with E-state index in [1.165, 1.54) is 12.1 Å². The number of nitrogens with one attached hydrogen (secondary N) is 2. The summed E-state index contributed by atoms with van der Waals surface area (Å²) < 4.78 is 39.2. The van der Waals surface area contributed by atoms with Crippen LogP contribution >= 0.6 is 11.8 Å². The summed E-state index contributed by atoms with van der Waals surface area (Å²) >= 11 is -0.538. The SMILES string of the molecule is CCCn1nc(C(=O)NNC(=O)c2cccnc2SC(F)(F)F)c2ccccc2c1=O. The highest BCUT2D eigenvalue weighted by atomic mass is 32.2. The van der Waals surface area contributed by atoms with E-state index in [2.05, 4.69) is 20.9 Å². The molecule has 2 N–H and O–H groups in total. The molecule has 0 saturated carbocycles. The molecule has 0 aliphatic carbocycles. The lowest BCUT2D eigenvalue weighted by Crippen LogP contribution is -2.43. The first kappa shape index (κ1) is 22.3. The van der Waals surface area contributed by atoms with Gasteiger partial charge in [-0.1, -0.05) is 25.1 Å². The number of aryl methyl sites for hydroxylation is 1. The van der Waals surface area contributed by atoms with Gasteiger partial charge in [-0.3, -0.25) is 25.2 Å². The summed E-state index contributed by atoms with van der Waals surface area (Å²) in [5, 5.41) is 4.08. The number of hydrazine groups is 1. The van der Waals surface area contributed by atoms with E-state index < -0.39 is 34.1 Å². The van der Waals surface area contributed by atoms with Gasteiger partial charge in [-0.25, -0.2) is 9.67 Å². The van der Waals surface area contributed by atoms with Crippen LogP contribution in [-0.2, 0) is 6.54 Å². The number of nitrogens with zero attached hydrogens (tertiary/aromatic N) is 3. The number of rotatable bonds is 5. The normalized spacial score (nSPS) is 11.4. The second kappa shape index (κ2) is 9.16. The predicted molar refractivity (Wildman–Crippen MR) is 107 cm³/mol. The van der Waals surface area contributed by atoms with Crippen LogP contribution in [0.15, 0.2) is 52.4 Å². The number of hydrogen-bond acceptors (Lipinski definition) is 6. The van der Waals surface area contributed by atoms with Gasteiger partial charge in [0.15, 0.2) is 5.69 Å². The predicted octanol–water partition coefficient (Wildman–Crippen LogP) is 2.89. The maximum atomic E-state index is 12.7. The third kappa shape index (κ3) is 5.20. The highest BCUT2D eigenvalue weighted by Crippen LogP contribution is 2.37. The summed E-state index contributed by atoms with van der Waals surface area (Å²) in [5.41, 5.74) is -1.27. The summed E-state index contributed by atoms with van der Waals surface area (Å²) in [5.74, 6) is -1.82. The van der Waals surface area contributed by atoms with Gasteiger partial charge in [0.2, 0.25) is 0 Å². The van der Waals surface area contributed by atoms with Crippen molar-refractivity contribution in [2.75, 3.05) is 0 Å². The molecule has 0 fully saturated rings. The van der Waals surface area contributed by atoms with E-state index in [0.717, 1.165) is 16.9 Å². The van der Waals surface area contributed by atoms with Crippen molar-refractivity contribution >= 4 is 34.3 Å². The van der Waals surface area contributed by atoms with Crippen LogP contribution in [-0.4, -0.2) is 32.1 Å². The number of amides is 2. The first-order valence-electron chi connectivity index (χ1n) is 9.02. The number of halogens is 3. The van der Waals surface area contributed by atoms with Crippen molar-refractivity contribution in [2.24, 2.45) is 0 Å². The molecule has 162 valence electrons. The minimum absolute atomic E-state index is 0.111. The average molecular weight is 451 g/mol. The number of pyridine rings is 1. The van der Waals surface area contributed by atoms with Gasteiger partial charge in [-0.2, -0.15) is 18.3 Å². The zero-order valence-corrected chi connectivity index (χ0v) is 16.9. The molecule has 0 saturated heterocycles. The number of carbonyl (C=O) groups excluding carboxylic acids is 2. The van der Waals surface area contributed by atoms with Crippen LogP contribution in [0.5, 0.6) is 0 Å². The maximum Gasteiger partial charge on any atom is 0.447 e. The monoisotopic (exact) mass is 451 g/mol. The van der Waals surface area contributed by atoms with Gasteiger partial charge >= 0.3 is 5.51 Å². The largest absolute Gasteiger partial charge is 0.447 e. The van der Waals surface area contributed by atoms with Crippen LogP contribution in [0.3, 0.4) is 0 Å². The molecule has 0 bridgehead atoms. The summed E-state index contributed by atoms with van der Waals surface area (Å²) in [6, 6.07) is 8.81. The molecular formula is C19H16F3N5O3S. The van der Waals surface area contributed by atoms with Gasteiger partial charge in [-0.15, -0.1) is 0 Å². The van der Waals surface area contributed by atoms with Crippen LogP contribution < -0.4 is 16.4 Å². The molecule has 31 heavy (non-hydrogen) atoms. The zero-order chi connectivity index (χ0) is 22.6. The van der Waals surface area contributed by atoms with Crippen LogP contribution in [0.25, 0.3) is 10.8 Å². The third-order valence-corrected chi connectivity index (χ3v) is 4.79. The van der Waals surface area contributed by atoms with Gasteiger partial charge in [0.25, 0.3) is 17.4 Å². The molecule has 1 aromatic carbocycles. The lowest BCUT2D eigenvalue weighted by Gasteiger charge is -2.12. The van der Waals surface area contributed by atoms with Crippen molar-refractivity contribution in [2.45, 2.75) is 30.4 Å². The number of thioether (sulfide) groups is 1. The number of fused-ring (bicyclic) bond motifs is 1. The molecule has 3 rings (SSSR count). The molecule has 0 unspecified atom stereocenters. The number of benzene rings is 1. The number of alkyl halides is 3. The standard InChI is InChI=1S/C19H16F3N5O3S/c1-2-10-27-18(30)12-7-4-3-6-11(12)14(26-27)16(29)25-24-15(28)13-8-5-9-23-17(13)31-19(20,21)22/h3-9H,2,10H2,1H3,(H,24,28)(H,25,29). The molecular weight excluding hydrogens is 435 g/mol. The van der Waals surface area contributed by atoms with Gasteiger partial charge < -0.3 is 0 Å². The van der Waals surface area contributed by atoms with Gasteiger partial charge in [-0.05, 0) is 24.6 Å². The van der Waals surface area contributed by atoms with Crippen molar-refractivity contribution in [1.82, 2.24) is 25.6 Å². The van der Waals surface area contributed by atoms with Crippen molar-refractivity contribution < 1.29 is 22.8 Å². The summed E-state index contributed by atoms with van der Waals surface area (Å²) in [6.45, 7) is 2.12. The molecule has 2 heterocycles. The van der Waals surface area contributed by atoms with Crippen LogP contribution in [0.1, 0.15) is 34.2 Å². The minimum atomic E-state index is -4.64. The highest BCUT2D eigenvalue weighted by Gasteiger charge is 2.32. The first-order valence-corrected chi connectivity index (χ1v) is 9.84. The molecule has 8 nitrogen and oxygen atoms in total. The quantitative estimate of drug-likeness (QED) is 0.457. The van der Waals surface area contributed by atoms with Crippen molar-refractivity contribution in [1.29, 1.82) is 0 Å². The average Bonchev–Trinajstić information content (AvgIpc) is 2.73. The highest BCUT2D eigenvalue weighted by molar-refractivity contribution is 8.00. The minimum Gasteiger partial charge on any atom is -0.267 e. The van der Waals surface area contributed by atoms with E-state index in [0.29, 0.717) is 6.42 Å². The van der Waals surface area contributed by atoms with Crippen molar-refractivity contribution in [3.63, 3.8) is 0 Å². The first-order chi connectivity index (χ1) is 14.7. The van der Waals surface area contributed by atoms with E-state index in [1.54, 1.807) is 18.2 Å². The molecule has 0 atom stereocenters. The molecule has 0 spiro atoms. The van der Waals surface area contributed by atoms with Gasteiger partial charge in [0, 0.05) is 29.9 Å². The Labute approximate surface area is 177 Å². The molecule has 3 aromatic rings. The Balaban J connectivity index is 1.85. The van der Waals surface area contributed by atoms with E-state index in [-0.39, 0.29) is 34.1 Å². The number of hydrogen-bond donors (Lipinski definition) is 2. The number of aromatic nitrogens is 3. The lowest BCUT2D eigenvalue weighted by atomic mass is 10.1. The molecule has 12 heteroatoms. The fourth-order valence-corrected chi connectivity index (χ4v) is 3.36.